The standard InChI is InChI=1S/C12H8N2O3/c15-12(16)11-6-10(14-17-11)9-5-7-3-1-2-4-8(7)13-9/h1-6,13H,(H,15,16). The first-order valence-corrected chi connectivity index (χ1v) is 5.02. The van der Waals surface area contributed by atoms with Crippen molar-refractivity contribution >= 4 is 16.9 Å². The van der Waals surface area contributed by atoms with Crippen LogP contribution in [0.3, 0.4) is 0 Å². The first-order valence-electron chi connectivity index (χ1n) is 5.02. The van der Waals surface area contributed by atoms with Crippen LogP contribution in [0.4, 0.5) is 0 Å². The van der Waals surface area contributed by atoms with Gasteiger partial charge in [-0.3, -0.25) is 0 Å². The third-order valence-electron chi connectivity index (χ3n) is 2.53. The zero-order chi connectivity index (χ0) is 11.8. The maximum absolute atomic E-state index is 10.7. The third kappa shape index (κ3) is 1.57. The van der Waals surface area contributed by atoms with Crippen molar-refractivity contribution in [3.05, 3.63) is 42.2 Å². The van der Waals surface area contributed by atoms with E-state index in [-0.39, 0.29) is 5.76 Å². The molecule has 17 heavy (non-hydrogen) atoms. The first kappa shape index (κ1) is 9.65. The third-order valence-corrected chi connectivity index (χ3v) is 2.53. The van der Waals surface area contributed by atoms with Crippen molar-refractivity contribution in [1.82, 2.24) is 10.1 Å². The highest BCUT2D eigenvalue weighted by molar-refractivity contribution is 5.88. The molecular formula is C12H8N2O3. The van der Waals surface area contributed by atoms with E-state index in [1.807, 2.05) is 30.3 Å². The second-order valence-corrected chi connectivity index (χ2v) is 3.65. The van der Waals surface area contributed by atoms with Crippen LogP contribution in [0.1, 0.15) is 10.6 Å². The molecule has 2 aromatic heterocycles. The summed E-state index contributed by atoms with van der Waals surface area (Å²) in [6, 6.07) is 11.1. The molecule has 0 aliphatic rings. The zero-order valence-corrected chi connectivity index (χ0v) is 8.68. The molecule has 3 aromatic rings. The van der Waals surface area contributed by atoms with Crippen molar-refractivity contribution < 1.29 is 14.4 Å². The number of benzene rings is 1. The predicted molar refractivity (Wildman–Crippen MR) is 60.8 cm³/mol. The minimum atomic E-state index is -1.13. The number of rotatable bonds is 2. The SMILES string of the molecule is O=C(O)c1cc(-c2cc3ccccc3[nH]2)no1. The Morgan fingerprint density at radius 1 is 1.29 bits per heavy atom. The number of hydrogen-bond donors (Lipinski definition) is 2. The van der Waals surface area contributed by atoms with Gasteiger partial charge < -0.3 is 14.6 Å². The fourth-order valence-electron chi connectivity index (χ4n) is 1.71. The number of nitrogens with zero attached hydrogens (tertiary/aromatic N) is 1. The molecule has 0 saturated carbocycles. The van der Waals surface area contributed by atoms with Crippen LogP contribution in [0.25, 0.3) is 22.3 Å². The smallest absolute Gasteiger partial charge is 0.374 e. The number of aromatic amines is 1. The molecule has 2 heterocycles. The minimum absolute atomic E-state index is 0.168. The van der Waals surface area contributed by atoms with E-state index in [9.17, 15) is 4.79 Å². The summed E-state index contributed by atoms with van der Waals surface area (Å²) in [6.07, 6.45) is 0. The Bertz CT molecular complexity index is 663. The van der Waals surface area contributed by atoms with Crippen molar-refractivity contribution in [2.45, 2.75) is 0 Å². The highest BCUT2D eigenvalue weighted by atomic mass is 16.5. The highest BCUT2D eigenvalue weighted by Gasteiger charge is 2.13. The average Bonchev–Trinajstić information content (AvgIpc) is 2.95. The summed E-state index contributed by atoms with van der Waals surface area (Å²) in [4.78, 5) is 13.8. The molecule has 0 radical (unpaired) electrons. The van der Waals surface area contributed by atoms with Crippen molar-refractivity contribution in [2.75, 3.05) is 0 Å². The van der Waals surface area contributed by atoms with Crippen LogP contribution in [0.2, 0.25) is 0 Å². The number of aromatic carboxylic acids is 1. The molecule has 84 valence electrons. The number of carboxylic acids is 1. The van der Waals surface area contributed by atoms with Crippen LogP contribution in [0.5, 0.6) is 0 Å². The topological polar surface area (TPSA) is 79.1 Å². The summed E-state index contributed by atoms with van der Waals surface area (Å²) in [5.74, 6) is -1.29. The molecule has 1 aromatic carbocycles. The molecule has 0 amide bonds. The normalized spacial score (nSPS) is 10.8. The largest absolute Gasteiger partial charge is 0.475 e. The monoisotopic (exact) mass is 228 g/mol. The zero-order valence-electron chi connectivity index (χ0n) is 8.68. The lowest BCUT2D eigenvalue weighted by atomic mass is 10.2. The fraction of sp³-hybridized carbons (Fsp3) is 0. The molecule has 5 nitrogen and oxygen atoms in total. The van der Waals surface area contributed by atoms with E-state index >= 15 is 0 Å². The van der Waals surface area contributed by atoms with Gasteiger partial charge in [-0.1, -0.05) is 23.4 Å². The summed E-state index contributed by atoms with van der Waals surface area (Å²) in [7, 11) is 0. The number of carboxylic acid groups (broad SMARTS) is 1. The maximum atomic E-state index is 10.7. The molecule has 0 unspecified atom stereocenters. The maximum Gasteiger partial charge on any atom is 0.374 e. The van der Waals surface area contributed by atoms with Gasteiger partial charge in [0.05, 0.1) is 5.69 Å². The number of aromatic nitrogens is 2. The Kier molecular flexibility index (Phi) is 1.98. The Morgan fingerprint density at radius 2 is 2.12 bits per heavy atom. The Morgan fingerprint density at radius 3 is 2.82 bits per heavy atom. The summed E-state index contributed by atoms with van der Waals surface area (Å²) in [6.45, 7) is 0. The second-order valence-electron chi connectivity index (χ2n) is 3.65. The van der Waals surface area contributed by atoms with Gasteiger partial charge in [0.1, 0.15) is 5.69 Å². The lowest BCUT2D eigenvalue weighted by Crippen LogP contribution is -1.91. The lowest BCUT2D eigenvalue weighted by Gasteiger charge is -1.86. The number of nitrogens with one attached hydrogen (secondary N) is 1. The molecule has 0 aliphatic heterocycles. The quantitative estimate of drug-likeness (QED) is 0.706. The van der Waals surface area contributed by atoms with Gasteiger partial charge in [-0.25, -0.2) is 4.79 Å². The Hall–Kier alpha value is -2.56. The molecule has 5 heteroatoms. The van der Waals surface area contributed by atoms with Gasteiger partial charge in [0.25, 0.3) is 0 Å². The van der Waals surface area contributed by atoms with E-state index in [1.165, 1.54) is 6.07 Å². The van der Waals surface area contributed by atoms with Crippen molar-refractivity contribution in [1.29, 1.82) is 0 Å². The van der Waals surface area contributed by atoms with Gasteiger partial charge in [-0.05, 0) is 12.1 Å². The molecular weight excluding hydrogens is 220 g/mol. The number of para-hydroxylation sites is 1. The van der Waals surface area contributed by atoms with Gasteiger partial charge in [0.2, 0.25) is 5.76 Å². The van der Waals surface area contributed by atoms with Crippen LogP contribution in [0.15, 0.2) is 40.9 Å². The van der Waals surface area contributed by atoms with E-state index in [2.05, 4.69) is 10.1 Å². The van der Waals surface area contributed by atoms with Gasteiger partial charge in [-0.2, -0.15) is 0 Å². The van der Waals surface area contributed by atoms with Crippen LogP contribution >= 0.6 is 0 Å². The van der Waals surface area contributed by atoms with E-state index < -0.39 is 5.97 Å². The molecule has 0 aliphatic carbocycles. The Labute approximate surface area is 95.7 Å². The summed E-state index contributed by atoms with van der Waals surface area (Å²) >= 11 is 0. The number of carbonyl (C=O) groups is 1. The van der Waals surface area contributed by atoms with E-state index in [0.717, 1.165) is 16.6 Å². The fourth-order valence-corrected chi connectivity index (χ4v) is 1.71. The van der Waals surface area contributed by atoms with Crippen molar-refractivity contribution in [3.8, 4) is 11.4 Å². The molecule has 0 saturated heterocycles. The van der Waals surface area contributed by atoms with Gasteiger partial charge in [0, 0.05) is 17.0 Å². The first-order chi connectivity index (χ1) is 8.24. The van der Waals surface area contributed by atoms with Crippen LogP contribution in [-0.2, 0) is 0 Å². The van der Waals surface area contributed by atoms with Crippen LogP contribution in [-0.4, -0.2) is 21.2 Å². The molecule has 0 spiro atoms. The van der Waals surface area contributed by atoms with Crippen molar-refractivity contribution in [3.63, 3.8) is 0 Å². The Balaban J connectivity index is 2.10. The summed E-state index contributed by atoms with van der Waals surface area (Å²) in [5, 5.41) is 13.5. The van der Waals surface area contributed by atoms with Gasteiger partial charge in [0.15, 0.2) is 0 Å². The lowest BCUT2D eigenvalue weighted by molar-refractivity contribution is 0.0652. The van der Waals surface area contributed by atoms with E-state index in [0.29, 0.717) is 5.69 Å². The molecule has 2 N–H and O–H groups in total. The second kappa shape index (κ2) is 3.48. The summed E-state index contributed by atoms with van der Waals surface area (Å²) in [5.41, 5.74) is 2.20. The average molecular weight is 228 g/mol. The number of H-pyrrole nitrogens is 1. The van der Waals surface area contributed by atoms with Gasteiger partial charge in [-0.15, -0.1) is 0 Å². The number of fused-ring (bicyclic) bond motifs is 1. The van der Waals surface area contributed by atoms with Crippen LogP contribution in [0, 0.1) is 0 Å². The number of hydrogen-bond acceptors (Lipinski definition) is 3. The van der Waals surface area contributed by atoms with Crippen molar-refractivity contribution in [2.24, 2.45) is 0 Å². The summed E-state index contributed by atoms with van der Waals surface area (Å²) < 4.78 is 4.71. The van der Waals surface area contributed by atoms with Gasteiger partial charge >= 0.3 is 5.97 Å². The van der Waals surface area contributed by atoms with E-state index in [4.69, 9.17) is 9.63 Å². The molecule has 0 bridgehead atoms. The van der Waals surface area contributed by atoms with Crippen LogP contribution < -0.4 is 0 Å². The minimum Gasteiger partial charge on any atom is -0.475 e. The van der Waals surface area contributed by atoms with E-state index in [1.54, 1.807) is 0 Å². The predicted octanol–water partition coefficient (Wildman–Crippen LogP) is 2.52. The molecule has 0 fully saturated rings. The molecule has 0 atom stereocenters. The molecule has 3 rings (SSSR count). The highest BCUT2D eigenvalue weighted by Crippen LogP contribution is 2.23.